The molecular formula is C12H13IN2O. The van der Waals surface area contributed by atoms with E-state index in [-0.39, 0.29) is 0 Å². The van der Waals surface area contributed by atoms with Gasteiger partial charge in [-0.25, -0.2) is 4.98 Å². The van der Waals surface area contributed by atoms with Gasteiger partial charge in [-0.2, -0.15) is 0 Å². The molecule has 1 atom stereocenters. The molecule has 3 aliphatic rings. The Kier molecular flexibility index (Phi) is 1.80. The van der Waals surface area contributed by atoms with Gasteiger partial charge < -0.3 is 9.64 Å². The van der Waals surface area contributed by atoms with Gasteiger partial charge in [0.15, 0.2) is 11.6 Å². The molecule has 2 fully saturated rings. The van der Waals surface area contributed by atoms with Crippen LogP contribution in [0.5, 0.6) is 5.75 Å². The minimum atomic E-state index is 0.570. The highest BCUT2D eigenvalue weighted by atomic mass is 127. The van der Waals surface area contributed by atoms with Crippen LogP contribution in [-0.2, 0) is 0 Å². The first kappa shape index (κ1) is 9.50. The van der Waals surface area contributed by atoms with Crippen molar-refractivity contribution < 1.29 is 4.74 Å². The third-order valence-corrected chi connectivity index (χ3v) is 4.68. The molecule has 3 nitrogen and oxygen atoms in total. The zero-order valence-electron chi connectivity index (χ0n) is 8.95. The average molecular weight is 328 g/mol. The Hall–Kier alpha value is -0.520. The molecule has 4 rings (SSSR count). The first-order valence-corrected chi connectivity index (χ1v) is 6.90. The summed E-state index contributed by atoms with van der Waals surface area (Å²) in [6.45, 7) is 2.04. The molecule has 2 aliphatic heterocycles. The van der Waals surface area contributed by atoms with E-state index < -0.39 is 0 Å². The summed E-state index contributed by atoms with van der Waals surface area (Å²) in [7, 11) is 0. The van der Waals surface area contributed by atoms with E-state index in [0.29, 0.717) is 11.5 Å². The van der Waals surface area contributed by atoms with Gasteiger partial charge in [-0.05, 0) is 59.4 Å². The summed E-state index contributed by atoms with van der Waals surface area (Å²) >= 11 is 2.27. The summed E-state index contributed by atoms with van der Waals surface area (Å²) in [6.07, 6.45) is 4.11. The fourth-order valence-corrected chi connectivity index (χ4v) is 3.43. The van der Waals surface area contributed by atoms with Gasteiger partial charge in [-0.15, -0.1) is 0 Å². The van der Waals surface area contributed by atoms with E-state index in [4.69, 9.17) is 4.74 Å². The van der Waals surface area contributed by atoms with Crippen LogP contribution in [0.1, 0.15) is 19.3 Å². The lowest BCUT2D eigenvalue weighted by Crippen LogP contribution is -2.38. The molecule has 1 aromatic rings. The van der Waals surface area contributed by atoms with Crippen LogP contribution in [0, 0.1) is 9.12 Å². The highest BCUT2D eigenvalue weighted by Gasteiger charge is 2.53. The average Bonchev–Trinajstić information content (AvgIpc) is 2.90. The number of rotatable bonds is 0. The van der Waals surface area contributed by atoms with E-state index in [9.17, 15) is 0 Å². The first-order valence-electron chi connectivity index (χ1n) is 5.82. The molecule has 0 bridgehead atoms. The molecule has 3 heterocycles. The van der Waals surface area contributed by atoms with Gasteiger partial charge >= 0.3 is 0 Å². The zero-order chi connectivity index (χ0) is 10.8. The van der Waals surface area contributed by atoms with Crippen LogP contribution in [0.15, 0.2) is 12.1 Å². The molecule has 0 N–H and O–H groups in total. The van der Waals surface area contributed by atoms with Crippen LogP contribution in [0.25, 0.3) is 0 Å². The van der Waals surface area contributed by atoms with Crippen molar-refractivity contribution in [2.24, 2.45) is 5.41 Å². The second-order valence-corrected chi connectivity index (χ2v) is 6.36. The highest BCUT2D eigenvalue weighted by Crippen LogP contribution is 2.56. The second-order valence-electron chi connectivity index (χ2n) is 5.25. The predicted molar refractivity (Wildman–Crippen MR) is 69.9 cm³/mol. The Balaban J connectivity index is 1.78. The lowest BCUT2D eigenvalue weighted by Gasteiger charge is -2.32. The molecule has 16 heavy (non-hydrogen) atoms. The largest absolute Gasteiger partial charge is 0.488 e. The van der Waals surface area contributed by atoms with E-state index in [1.165, 1.54) is 25.8 Å². The molecule has 0 aromatic carbocycles. The SMILES string of the molecule is Ic1ccc2c(n1)N1CC3(CC3)CC1CO2. The van der Waals surface area contributed by atoms with Gasteiger partial charge in [-0.3, -0.25) is 0 Å². The van der Waals surface area contributed by atoms with Crippen LogP contribution < -0.4 is 9.64 Å². The second kappa shape index (κ2) is 3.03. The maximum Gasteiger partial charge on any atom is 0.172 e. The van der Waals surface area contributed by atoms with E-state index >= 15 is 0 Å². The smallest absolute Gasteiger partial charge is 0.172 e. The number of ether oxygens (including phenoxy) is 1. The Morgan fingerprint density at radius 3 is 3.12 bits per heavy atom. The number of fused-ring (bicyclic) bond motifs is 3. The monoisotopic (exact) mass is 328 g/mol. The third kappa shape index (κ3) is 1.28. The van der Waals surface area contributed by atoms with E-state index in [1.54, 1.807) is 0 Å². The number of halogens is 1. The number of anilines is 1. The van der Waals surface area contributed by atoms with Gasteiger partial charge in [-0.1, -0.05) is 0 Å². The number of hydrogen-bond acceptors (Lipinski definition) is 3. The lowest BCUT2D eigenvalue weighted by molar-refractivity contribution is 0.266. The van der Waals surface area contributed by atoms with Crippen molar-refractivity contribution >= 4 is 28.4 Å². The van der Waals surface area contributed by atoms with Crippen LogP contribution >= 0.6 is 22.6 Å². The maximum atomic E-state index is 5.81. The summed E-state index contributed by atoms with van der Waals surface area (Å²) in [6, 6.07) is 4.64. The third-order valence-electron chi connectivity index (χ3n) is 4.08. The molecular weight excluding hydrogens is 315 g/mol. The van der Waals surface area contributed by atoms with Gasteiger partial charge in [0, 0.05) is 6.54 Å². The quantitative estimate of drug-likeness (QED) is 0.540. The van der Waals surface area contributed by atoms with Crippen molar-refractivity contribution in [3.8, 4) is 5.75 Å². The minimum absolute atomic E-state index is 0.570. The topological polar surface area (TPSA) is 25.4 Å². The van der Waals surface area contributed by atoms with E-state index in [2.05, 4.69) is 38.5 Å². The molecule has 1 saturated heterocycles. The van der Waals surface area contributed by atoms with Gasteiger partial charge in [0.05, 0.1) is 6.04 Å². The number of aromatic nitrogens is 1. The van der Waals surface area contributed by atoms with Crippen LogP contribution in [0.4, 0.5) is 5.82 Å². The molecule has 1 unspecified atom stereocenters. The summed E-state index contributed by atoms with van der Waals surface area (Å²) in [5.74, 6) is 2.04. The molecule has 1 spiro atoms. The summed E-state index contributed by atoms with van der Waals surface area (Å²) in [4.78, 5) is 7.12. The standard InChI is InChI=1S/C12H13IN2O/c13-10-2-1-9-11(14-10)15-7-12(3-4-12)5-8(15)6-16-9/h1-2,8H,3-7H2. The lowest BCUT2D eigenvalue weighted by atomic mass is 10.0. The fraction of sp³-hybridized carbons (Fsp3) is 0.583. The maximum absolute atomic E-state index is 5.81. The number of pyridine rings is 1. The summed E-state index contributed by atoms with van der Waals surface area (Å²) in [5, 5.41) is 0. The van der Waals surface area contributed by atoms with Crippen LogP contribution in [0.3, 0.4) is 0 Å². The molecule has 1 aliphatic carbocycles. The van der Waals surface area contributed by atoms with Crippen LogP contribution in [-0.4, -0.2) is 24.2 Å². The van der Waals surface area contributed by atoms with Crippen LogP contribution in [0.2, 0.25) is 0 Å². The zero-order valence-corrected chi connectivity index (χ0v) is 11.1. The molecule has 1 aromatic heterocycles. The summed E-state index contributed by atoms with van der Waals surface area (Å²) in [5.41, 5.74) is 0.624. The van der Waals surface area contributed by atoms with Crippen molar-refractivity contribution in [2.45, 2.75) is 25.3 Å². The Morgan fingerprint density at radius 1 is 1.44 bits per heavy atom. The minimum Gasteiger partial charge on any atom is -0.488 e. The van der Waals surface area contributed by atoms with Crippen molar-refractivity contribution in [3.05, 3.63) is 15.8 Å². The molecule has 0 amide bonds. The first-order chi connectivity index (χ1) is 7.76. The Morgan fingerprint density at radius 2 is 2.31 bits per heavy atom. The van der Waals surface area contributed by atoms with Gasteiger partial charge in [0.25, 0.3) is 0 Å². The van der Waals surface area contributed by atoms with Crippen molar-refractivity contribution in [2.75, 3.05) is 18.1 Å². The summed E-state index contributed by atoms with van der Waals surface area (Å²) < 4.78 is 6.86. The molecule has 4 heteroatoms. The van der Waals surface area contributed by atoms with E-state index in [0.717, 1.165) is 21.9 Å². The number of hydrogen-bond donors (Lipinski definition) is 0. The molecule has 0 radical (unpaired) electrons. The molecule has 84 valence electrons. The van der Waals surface area contributed by atoms with Crippen molar-refractivity contribution in [1.82, 2.24) is 4.98 Å². The fourth-order valence-electron chi connectivity index (χ4n) is 3.02. The highest BCUT2D eigenvalue weighted by molar-refractivity contribution is 14.1. The Labute approximate surface area is 108 Å². The molecule has 1 saturated carbocycles. The van der Waals surface area contributed by atoms with Crippen molar-refractivity contribution in [3.63, 3.8) is 0 Å². The number of nitrogens with zero attached hydrogens (tertiary/aromatic N) is 2. The van der Waals surface area contributed by atoms with Gasteiger partial charge in [0.2, 0.25) is 0 Å². The van der Waals surface area contributed by atoms with Crippen molar-refractivity contribution in [1.29, 1.82) is 0 Å². The predicted octanol–water partition coefficient (Wildman–Crippen LogP) is 2.44. The normalized spacial score (nSPS) is 28.6. The van der Waals surface area contributed by atoms with E-state index in [1.807, 2.05) is 6.07 Å². The Bertz CT molecular complexity index is 458. The van der Waals surface area contributed by atoms with Gasteiger partial charge in [0.1, 0.15) is 10.3 Å².